The van der Waals surface area contributed by atoms with Gasteiger partial charge >= 0.3 is 6.03 Å². The predicted octanol–water partition coefficient (Wildman–Crippen LogP) is 4.14. The molecule has 2 saturated heterocycles. The molecule has 0 aliphatic carbocycles. The Morgan fingerprint density at radius 3 is 2.41 bits per heavy atom. The highest BCUT2D eigenvalue weighted by Crippen LogP contribution is 2.37. The number of carbonyl (C=O) groups is 4. The fraction of sp³-hybridized carbons (Fsp3) is 0.462. The Balaban J connectivity index is 1.46. The molecule has 34 heavy (non-hydrogen) atoms. The number of amides is 4. The molecule has 4 amide bonds. The zero-order valence-electron chi connectivity index (χ0n) is 19.7. The van der Waals surface area contributed by atoms with Crippen molar-refractivity contribution in [2.45, 2.75) is 51.5 Å². The molecular weight excluding hydrogens is 450 g/mol. The normalized spacial score (nSPS) is 21.1. The number of hydrogen-bond acceptors (Lipinski definition) is 5. The van der Waals surface area contributed by atoms with Crippen LogP contribution in [0.5, 0.6) is 0 Å². The molecule has 2 aliphatic rings. The van der Waals surface area contributed by atoms with Crippen molar-refractivity contribution < 1.29 is 19.2 Å². The van der Waals surface area contributed by atoms with E-state index in [1.165, 1.54) is 11.8 Å². The van der Waals surface area contributed by atoms with E-state index < -0.39 is 5.54 Å². The van der Waals surface area contributed by atoms with Gasteiger partial charge in [0.05, 0.1) is 5.56 Å². The van der Waals surface area contributed by atoms with Crippen LogP contribution in [-0.4, -0.2) is 58.6 Å². The zero-order valence-corrected chi connectivity index (χ0v) is 20.5. The highest BCUT2D eigenvalue weighted by Gasteiger charge is 2.55. The maximum absolute atomic E-state index is 13.6. The molecule has 2 fully saturated rings. The van der Waals surface area contributed by atoms with Gasteiger partial charge in [-0.1, -0.05) is 37.6 Å². The smallest absolute Gasteiger partial charge is 0.325 e. The minimum Gasteiger partial charge on any atom is -0.339 e. The number of likely N-dealkylation sites (tertiary alicyclic amines) is 1. The van der Waals surface area contributed by atoms with Gasteiger partial charge in [0, 0.05) is 30.1 Å². The molecule has 0 bridgehead atoms. The zero-order chi connectivity index (χ0) is 24.3. The Morgan fingerprint density at radius 2 is 1.79 bits per heavy atom. The first-order chi connectivity index (χ1) is 16.4. The van der Waals surface area contributed by atoms with Crippen molar-refractivity contribution in [3.63, 3.8) is 0 Å². The van der Waals surface area contributed by atoms with Crippen LogP contribution in [0.2, 0.25) is 0 Å². The van der Waals surface area contributed by atoms with E-state index >= 15 is 0 Å². The van der Waals surface area contributed by atoms with E-state index in [1.54, 1.807) is 40.5 Å². The van der Waals surface area contributed by atoms with Crippen LogP contribution < -0.4 is 5.32 Å². The molecule has 0 spiro atoms. The van der Waals surface area contributed by atoms with E-state index in [0.29, 0.717) is 56.4 Å². The lowest BCUT2D eigenvalue weighted by Crippen LogP contribution is -2.56. The Morgan fingerprint density at radius 1 is 1.09 bits per heavy atom. The summed E-state index contributed by atoms with van der Waals surface area (Å²) in [5, 5.41) is 5.05. The molecule has 1 aromatic heterocycles. The maximum atomic E-state index is 13.6. The summed E-state index contributed by atoms with van der Waals surface area (Å²) in [7, 11) is 0. The van der Waals surface area contributed by atoms with Gasteiger partial charge in [-0.05, 0) is 56.0 Å². The van der Waals surface area contributed by atoms with Crippen LogP contribution in [0.4, 0.5) is 4.79 Å². The Bertz CT molecular complexity index is 1080. The maximum Gasteiger partial charge on any atom is 0.325 e. The second kappa shape index (κ2) is 10.1. The lowest BCUT2D eigenvalue weighted by molar-refractivity contribution is -0.134. The first kappa shape index (κ1) is 24.1. The lowest BCUT2D eigenvalue weighted by atomic mass is 9.74. The number of imide groups is 1. The summed E-state index contributed by atoms with van der Waals surface area (Å²) in [5.41, 5.74) is -0.0633. The molecule has 4 rings (SSSR count). The van der Waals surface area contributed by atoms with Gasteiger partial charge in [-0.2, -0.15) is 0 Å². The molecular formula is C26H31N3O4S. The first-order valence-corrected chi connectivity index (χ1v) is 12.8. The number of nitrogens with one attached hydrogen (secondary N) is 1. The molecule has 0 radical (unpaired) electrons. The third-order valence-electron chi connectivity index (χ3n) is 7.02. The monoisotopic (exact) mass is 481 g/mol. The van der Waals surface area contributed by atoms with E-state index in [4.69, 9.17) is 0 Å². The average Bonchev–Trinajstić information content (AvgIpc) is 3.44. The van der Waals surface area contributed by atoms with E-state index in [9.17, 15) is 19.2 Å². The first-order valence-electron chi connectivity index (χ1n) is 11.9. The van der Waals surface area contributed by atoms with Gasteiger partial charge in [0.1, 0.15) is 5.54 Å². The Labute approximate surface area is 204 Å². The van der Waals surface area contributed by atoms with Crippen LogP contribution in [-0.2, 0) is 11.2 Å². The largest absolute Gasteiger partial charge is 0.339 e. The molecule has 2 aliphatic heterocycles. The van der Waals surface area contributed by atoms with Crippen LogP contribution in [0.3, 0.4) is 0 Å². The van der Waals surface area contributed by atoms with Crippen molar-refractivity contribution in [3.05, 3.63) is 57.8 Å². The number of benzene rings is 1. The van der Waals surface area contributed by atoms with E-state index in [0.717, 1.165) is 11.3 Å². The Hall–Kier alpha value is -3.00. The van der Waals surface area contributed by atoms with Crippen LogP contribution in [0.15, 0.2) is 41.8 Å². The molecule has 1 N–H and O–H groups in total. The topological polar surface area (TPSA) is 86.8 Å². The molecule has 1 aromatic carbocycles. The van der Waals surface area contributed by atoms with Crippen molar-refractivity contribution in [2.24, 2.45) is 5.92 Å². The van der Waals surface area contributed by atoms with Crippen LogP contribution in [0.25, 0.3) is 0 Å². The molecule has 2 aromatic rings. The number of ketones is 1. The molecule has 1 unspecified atom stereocenters. The summed E-state index contributed by atoms with van der Waals surface area (Å²) >= 11 is 1.62. The summed E-state index contributed by atoms with van der Waals surface area (Å²) in [5.74, 6) is -0.471. The number of thiophene rings is 1. The van der Waals surface area contributed by atoms with Gasteiger partial charge < -0.3 is 10.2 Å². The van der Waals surface area contributed by atoms with E-state index in [-0.39, 0.29) is 29.5 Å². The molecule has 8 heteroatoms. The van der Waals surface area contributed by atoms with Crippen molar-refractivity contribution in [1.82, 2.24) is 15.1 Å². The molecule has 7 nitrogen and oxygen atoms in total. The van der Waals surface area contributed by atoms with E-state index in [1.807, 2.05) is 24.4 Å². The highest BCUT2D eigenvalue weighted by atomic mass is 32.1. The van der Waals surface area contributed by atoms with Crippen molar-refractivity contribution in [2.75, 3.05) is 19.6 Å². The Kier molecular flexibility index (Phi) is 7.16. The molecule has 1 atom stereocenters. The molecule has 180 valence electrons. The summed E-state index contributed by atoms with van der Waals surface area (Å²) in [6.45, 7) is 4.83. The minimum absolute atomic E-state index is 0.0391. The van der Waals surface area contributed by atoms with Crippen LogP contribution in [0.1, 0.15) is 65.1 Å². The third-order valence-corrected chi connectivity index (χ3v) is 7.96. The number of Topliss-reactive ketones (excluding diaryl/α,β-unsaturated/α-hetero) is 1. The van der Waals surface area contributed by atoms with Gasteiger partial charge in [-0.25, -0.2) is 4.79 Å². The SMILES string of the molecule is CCCC1(C2CCN(C(=O)c3ccccc3C(C)=O)CC2)NC(=O)N(CCc2cccs2)C1=O. The molecule has 0 saturated carbocycles. The number of nitrogens with zero attached hydrogens (tertiary/aromatic N) is 2. The number of carbonyl (C=O) groups excluding carboxylic acids is 4. The minimum atomic E-state index is -0.909. The van der Waals surface area contributed by atoms with Crippen molar-refractivity contribution in [1.29, 1.82) is 0 Å². The van der Waals surface area contributed by atoms with Crippen LogP contribution in [0, 0.1) is 5.92 Å². The summed E-state index contributed by atoms with van der Waals surface area (Å²) in [6, 6.07) is 10.6. The fourth-order valence-corrected chi connectivity index (χ4v) is 5.99. The van der Waals surface area contributed by atoms with Gasteiger partial charge in [0.2, 0.25) is 0 Å². The average molecular weight is 482 g/mol. The highest BCUT2D eigenvalue weighted by molar-refractivity contribution is 7.09. The van der Waals surface area contributed by atoms with Crippen LogP contribution >= 0.6 is 11.3 Å². The number of rotatable bonds is 8. The van der Waals surface area contributed by atoms with E-state index in [2.05, 4.69) is 5.32 Å². The lowest BCUT2D eigenvalue weighted by Gasteiger charge is -2.41. The second-order valence-electron chi connectivity index (χ2n) is 9.11. The standard InChI is InChI=1S/C26H31N3O4S/c1-3-13-26(24(32)29(25(33)27-26)16-12-20-7-6-17-34-20)19-10-14-28(15-11-19)23(31)22-9-5-4-8-21(22)18(2)30/h4-9,17,19H,3,10-16H2,1-2H3,(H,27,33). The van der Waals surface area contributed by atoms with Gasteiger partial charge in [-0.15, -0.1) is 11.3 Å². The third kappa shape index (κ3) is 4.51. The van der Waals surface area contributed by atoms with Crippen molar-refractivity contribution >= 4 is 35.0 Å². The summed E-state index contributed by atoms with van der Waals surface area (Å²) < 4.78 is 0. The van der Waals surface area contributed by atoms with Crippen molar-refractivity contribution in [3.8, 4) is 0 Å². The predicted molar refractivity (Wildman–Crippen MR) is 131 cm³/mol. The number of hydrogen-bond donors (Lipinski definition) is 1. The summed E-state index contributed by atoms with van der Waals surface area (Å²) in [6.07, 6.45) is 3.26. The number of urea groups is 1. The second-order valence-corrected chi connectivity index (χ2v) is 10.1. The quantitative estimate of drug-likeness (QED) is 0.454. The van der Waals surface area contributed by atoms with Gasteiger partial charge in [0.25, 0.3) is 11.8 Å². The number of piperidine rings is 1. The van der Waals surface area contributed by atoms with Gasteiger partial charge in [0.15, 0.2) is 5.78 Å². The molecule has 3 heterocycles. The van der Waals surface area contributed by atoms with Gasteiger partial charge in [-0.3, -0.25) is 19.3 Å². The summed E-state index contributed by atoms with van der Waals surface area (Å²) in [4.78, 5) is 55.8. The fourth-order valence-electron chi connectivity index (χ4n) is 5.29.